The molecule has 0 aliphatic carbocycles. The summed E-state index contributed by atoms with van der Waals surface area (Å²) in [6.07, 6.45) is 1.24. The Morgan fingerprint density at radius 1 is 1.55 bits per heavy atom. The van der Waals surface area contributed by atoms with Gasteiger partial charge in [0.2, 0.25) is 5.91 Å². The predicted octanol–water partition coefficient (Wildman–Crippen LogP) is -0.173. The van der Waals surface area contributed by atoms with Gasteiger partial charge in [-0.05, 0) is 18.9 Å². The fourth-order valence-corrected chi connectivity index (χ4v) is 2.11. The van der Waals surface area contributed by atoms with Crippen LogP contribution in [0, 0.1) is 5.92 Å². The van der Waals surface area contributed by atoms with Gasteiger partial charge in [-0.1, -0.05) is 0 Å². The van der Waals surface area contributed by atoms with Crippen molar-refractivity contribution in [3.63, 3.8) is 0 Å². The molecule has 11 heavy (non-hydrogen) atoms. The Kier molecular flexibility index (Phi) is 1.60. The standard InChI is InChI=1S/C8H14N2O/c1-6(11)10-4-7-2-3-9-8(7)5-10/h7-9H,2-5H2,1H3/t7-,8+/m1/s1. The third kappa shape index (κ3) is 1.13. The molecule has 3 nitrogen and oxygen atoms in total. The number of nitrogens with zero attached hydrogens (tertiary/aromatic N) is 1. The molecule has 2 rings (SSSR count). The van der Waals surface area contributed by atoms with E-state index in [0.29, 0.717) is 6.04 Å². The molecule has 1 amide bonds. The summed E-state index contributed by atoms with van der Waals surface area (Å²) in [7, 11) is 0. The predicted molar refractivity (Wildman–Crippen MR) is 42.2 cm³/mol. The first kappa shape index (κ1) is 7.10. The Bertz CT molecular complexity index is 169. The molecule has 2 aliphatic rings. The molecular formula is C8H14N2O. The highest BCUT2D eigenvalue weighted by atomic mass is 16.2. The van der Waals surface area contributed by atoms with E-state index >= 15 is 0 Å². The van der Waals surface area contributed by atoms with Gasteiger partial charge in [-0.3, -0.25) is 4.79 Å². The first-order valence-electron chi connectivity index (χ1n) is 4.26. The SMILES string of the molecule is CC(=O)N1C[C@H]2CCN[C@H]2C1. The summed E-state index contributed by atoms with van der Waals surface area (Å²) in [5.41, 5.74) is 0. The fourth-order valence-electron chi connectivity index (χ4n) is 2.11. The first-order valence-corrected chi connectivity index (χ1v) is 4.26. The van der Waals surface area contributed by atoms with Crippen molar-refractivity contribution in [1.82, 2.24) is 10.2 Å². The second-order valence-corrected chi connectivity index (χ2v) is 3.53. The van der Waals surface area contributed by atoms with E-state index < -0.39 is 0 Å². The summed E-state index contributed by atoms with van der Waals surface area (Å²) in [5, 5.41) is 3.41. The van der Waals surface area contributed by atoms with E-state index in [9.17, 15) is 4.79 Å². The Morgan fingerprint density at radius 3 is 3.00 bits per heavy atom. The zero-order valence-electron chi connectivity index (χ0n) is 6.84. The van der Waals surface area contributed by atoms with E-state index in [1.54, 1.807) is 6.92 Å². The molecule has 0 aromatic carbocycles. The van der Waals surface area contributed by atoms with Crippen molar-refractivity contribution < 1.29 is 4.79 Å². The lowest BCUT2D eigenvalue weighted by Gasteiger charge is -2.13. The van der Waals surface area contributed by atoms with Gasteiger partial charge in [0.05, 0.1) is 0 Å². The summed E-state index contributed by atoms with van der Waals surface area (Å²) in [6, 6.07) is 0.596. The largest absolute Gasteiger partial charge is 0.341 e. The van der Waals surface area contributed by atoms with Crippen LogP contribution in [0.2, 0.25) is 0 Å². The summed E-state index contributed by atoms with van der Waals surface area (Å²) >= 11 is 0. The van der Waals surface area contributed by atoms with Gasteiger partial charge in [-0.15, -0.1) is 0 Å². The van der Waals surface area contributed by atoms with Crippen LogP contribution in [0.5, 0.6) is 0 Å². The van der Waals surface area contributed by atoms with Gasteiger partial charge in [0, 0.05) is 26.1 Å². The fraction of sp³-hybridized carbons (Fsp3) is 0.875. The minimum absolute atomic E-state index is 0.223. The molecule has 0 radical (unpaired) electrons. The molecule has 3 heteroatoms. The van der Waals surface area contributed by atoms with Crippen LogP contribution < -0.4 is 5.32 Å². The van der Waals surface area contributed by atoms with Gasteiger partial charge < -0.3 is 10.2 Å². The van der Waals surface area contributed by atoms with Crippen molar-refractivity contribution in [3.05, 3.63) is 0 Å². The number of nitrogens with one attached hydrogen (secondary N) is 1. The highest BCUT2D eigenvalue weighted by molar-refractivity contribution is 5.73. The molecule has 2 aliphatic heterocycles. The normalized spacial score (nSPS) is 35.9. The van der Waals surface area contributed by atoms with Gasteiger partial charge >= 0.3 is 0 Å². The minimum atomic E-state index is 0.223. The van der Waals surface area contributed by atoms with Crippen molar-refractivity contribution in [2.75, 3.05) is 19.6 Å². The molecule has 0 aromatic heterocycles. The van der Waals surface area contributed by atoms with E-state index in [1.807, 2.05) is 4.90 Å². The Hall–Kier alpha value is -0.570. The van der Waals surface area contributed by atoms with Crippen molar-refractivity contribution in [3.8, 4) is 0 Å². The first-order chi connectivity index (χ1) is 5.27. The quantitative estimate of drug-likeness (QED) is 0.525. The number of hydrogen-bond donors (Lipinski definition) is 1. The Labute approximate surface area is 66.8 Å². The Balaban J connectivity index is 1.99. The molecule has 0 unspecified atom stereocenters. The lowest BCUT2D eigenvalue weighted by Crippen LogP contribution is -2.32. The number of rotatable bonds is 0. The second kappa shape index (κ2) is 2.48. The highest BCUT2D eigenvalue weighted by Gasteiger charge is 2.36. The third-order valence-electron chi connectivity index (χ3n) is 2.81. The zero-order valence-corrected chi connectivity index (χ0v) is 6.84. The number of carbonyl (C=O) groups is 1. The lowest BCUT2D eigenvalue weighted by atomic mass is 10.1. The van der Waals surface area contributed by atoms with Gasteiger partial charge in [-0.25, -0.2) is 0 Å². The van der Waals surface area contributed by atoms with Crippen molar-refractivity contribution in [2.45, 2.75) is 19.4 Å². The third-order valence-corrected chi connectivity index (χ3v) is 2.81. The van der Waals surface area contributed by atoms with E-state index in [0.717, 1.165) is 25.6 Å². The molecule has 0 saturated carbocycles. The number of hydrogen-bond acceptors (Lipinski definition) is 2. The van der Waals surface area contributed by atoms with Crippen LogP contribution in [0.4, 0.5) is 0 Å². The topological polar surface area (TPSA) is 32.3 Å². The monoisotopic (exact) mass is 154 g/mol. The van der Waals surface area contributed by atoms with Crippen molar-refractivity contribution in [1.29, 1.82) is 0 Å². The van der Waals surface area contributed by atoms with E-state index in [1.165, 1.54) is 6.42 Å². The summed E-state index contributed by atoms with van der Waals surface area (Å²) in [5.74, 6) is 0.958. The maximum atomic E-state index is 11.0. The molecule has 0 bridgehead atoms. The van der Waals surface area contributed by atoms with Crippen LogP contribution in [-0.4, -0.2) is 36.5 Å². The molecule has 0 aromatic rings. The molecule has 1 N–H and O–H groups in total. The van der Waals surface area contributed by atoms with Gasteiger partial charge in [0.25, 0.3) is 0 Å². The smallest absolute Gasteiger partial charge is 0.219 e. The van der Waals surface area contributed by atoms with Crippen molar-refractivity contribution >= 4 is 5.91 Å². The maximum absolute atomic E-state index is 11.0. The van der Waals surface area contributed by atoms with Gasteiger partial charge in [0.15, 0.2) is 0 Å². The second-order valence-electron chi connectivity index (χ2n) is 3.53. The average molecular weight is 154 g/mol. The minimum Gasteiger partial charge on any atom is -0.341 e. The molecule has 2 saturated heterocycles. The molecule has 0 spiro atoms. The van der Waals surface area contributed by atoms with Crippen LogP contribution in [-0.2, 0) is 4.79 Å². The number of carbonyl (C=O) groups excluding carboxylic acids is 1. The van der Waals surface area contributed by atoms with Crippen LogP contribution in [0.25, 0.3) is 0 Å². The van der Waals surface area contributed by atoms with Crippen molar-refractivity contribution in [2.24, 2.45) is 5.92 Å². The molecular weight excluding hydrogens is 140 g/mol. The highest BCUT2D eigenvalue weighted by Crippen LogP contribution is 2.24. The van der Waals surface area contributed by atoms with Gasteiger partial charge in [0.1, 0.15) is 0 Å². The number of likely N-dealkylation sites (tertiary alicyclic amines) is 1. The molecule has 2 fully saturated rings. The summed E-state index contributed by atoms with van der Waals surface area (Å²) in [4.78, 5) is 12.9. The van der Waals surface area contributed by atoms with E-state index in [-0.39, 0.29) is 5.91 Å². The molecule has 62 valence electrons. The van der Waals surface area contributed by atoms with Crippen LogP contribution in [0.1, 0.15) is 13.3 Å². The summed E-state index contributed by atoms with van der Waals surface area (Å²) < 4.78 is 0. The van der Waals surface area contributed by atoms with E-state index in [4.69, 9.17) is 0 Å². The number of fused-ring (bicyclic) bond motifs is 1. The number of amides is 1. The molecule has 2 atom stereocenters. The van der Waals surface area contributed by atoms with E-state index in [2.05, 4.69) is 5.32 Å². The summed E-state index contributed by atoms with van der Waals surface area (Å²) in [6.45, 7) is 4.70. The molecule has 2 heterocycles. The maximum Gasteiger partial charge on any atom is 0.219 e. The van der Waals surface area contributed by atoms with Crippen LogP contribution in [0.3, 0.4) is 0 Å². The zero-order chi connectivity index (χ0) is 7.84. The Morgan fingerprint density at radius 2 is 2.36 bits per heavy atom. The van der Waals surface area contributed by atoms with Crippen LogP contribution >= 0.6 is 0 Å². The average Bonchev–Trinajstić information content (AvgIpc) is 2.40. The van der Waals surface area contributed by atoms with Crippen LogP contribution in [0.15, 0.2) is 0 Å². The lowest BCUT2D eigenvalue weighted by molar-refractivity contribution is -0.128. The van der Waals surface area contributed by atoms with Gasteiger partial charge in [-0.2, -0.15) is 0 Å².